The molecule has 1 saturated heterocycles. The van der Waals surface area contributed by atoms with Crippen molar-refractivity contribution in [1.29, 1.82) is 0 Å². The second-order valence-corrected chi connectivity index (χ2v) is 8.35. The summed E-state index contributed by atoms with van der Waals surface area (Å²) in [4.78, 5) is 39.4. The third-order valence-corrected chi connectivity index (χ3v) is 6.60. The second kappa shape index (κ2) is 7.07. The van der Waals surface area contributed by atoms with E-state index in [1.165, 1.54) is 9.47 Å². The van der Waals surface area contributed by atoms with Gasteiger partial charge < -0.3 is 19.9 Å². The molecule has 3 heterocycles. The van der Waals surface area contributed by atoms with E-state index in [1.807, 2.05) is 0 Å². The second-order valence-electron chi connectivity index (χ2n) is 8.35. The minimum absolute atomic E-state index is 0.0598. The predicted octanol–water partition coefficient (Wildman–Crippen LogP) is 1.86. The minimum Gasteiger partial charge on any atom is -0.503 e. The number of aromatic nitrogens is 1. The van der Waals surface area contributed by atoms with Crippen molar-refractivity contribution in [2.45, 2.75) is 44.2 Å². The van der Waals surface area contributed by atoms with E-state index < -0.39 is 70.3 Å². The summed E-state index contributed by atoms with van der Waals surface area (Å²) in [6.07, 6.45) is 0.776. The molecule has 11 heteroatoms. The lowest BCUT2D eigenvalue weighted by Crippen LogP contribution is -2.55. The first-order valence-electron chi connectivity index (χ1n) is 10.0. The highest BCUT2D eigenvalue weighted by atomic mass is 19.1. The molecule has 2 aliphatic heterocycles. The lowest BCUT2D eigenvalue weighted by Gasteiger charge is -2.41. The Bertz CT molecular complexity index is 1210. The number of carbonyl (C=O) groups is 2. The first kappa shape index (κ1) is 20.5. The third kappa shape index (κ3) is 2.90. The molecule has 32 heavy (non-hydrogen) atoms. The smallest absolute Gasteiger partial charge is 0.275 e. The summed E-state index contributed by atoms with van der Waals surface area (Å²) >= 11 is 0. The zero-order chi connectivity index (χ0) is 22.9. The molecule has 5 rings (SSSR count). The number of nitrogens with one attached hydrogen (secondary N) is 1. The summed E-state index contributed by atoms with van der Waals surface area (Å²) in [6, 6.07) is 0.00828. The normalized spacial score (nSPS) is 25.6. The number of alkyl halides is 1. The molecule has 3 aliphatic rings. The van der Waals surface area contributed by atoms with E-state index >= 15 is 0 Å². The van der Waals surface area contributed by atoms with Gasteiger partial charge >= 0.3 is 0 Å². The summed E-state index contributed by atoms with van der Waals surface area (Å²) in [6.45, 7) is -0.500. The average molecular weight is 451 g/mol. The van der Waals surface area contributed by atoms with Crippen LogP contribution in [0.15, 0.2) is 23.1 Å². The van der Waals surface area contributed by atoms with Crippen LogP contribution in [-0.4, -0.2) is 44.6 Å². The Labute approximate surface area is 178 Å². The standard InChI is InChI=1S/C21H17F4N3O4/c22-9-3-12(23)10(13(24)4-9)5-26-20(31)11-6-27-7-16-8-1-14(25)15(2-8)28(16)21(32)17(27)19(30)18(11)29/h3-4,6,8,14-16,30H,1-2,5,7H2,(H,26,31)/t8-,14+,15+,16-/m1/s1. The third-order valence-electron chi connectivity index (χ3n) is 6.60. The van der Waals surface area contributed by atoms with Crippen molar-refractivity contribution in [3.63, 3.8) is 0 Å². The van der Waals surface area contributed by atoms with Crippen LogP contribution >= 0.6 is 0 Å². The number of halogens is 4. The molecule has 1 aromatic carbocycles. The Morgan fingerprint density at radius 3 is 2.50 bits per heavy atom. The first-order valence-corrected chi connectivity index (χ1v) is 10.0. The molecule has 0 spiro atoms. The van der Waals surface area contributed by atoms with Crippen LogP contribution in [0.4, 0.5) is 17.6 Å². The molecule has 0 radical (unpaired) electrons. The molecule has 168 valence electrons. The lowest BCUT2D eigenvalue weighted by molar-refractivity contribution is 0.0315. The van der Waals surface area contributed by atoms with Crippen molar-refractivity contribution in [1.82, 2.24) is 14.8 Å². The molecular formula is C21H17F4N3O4. The van der Waals surface area contributed by atoms with E-state index in [-0.39, 0.29) is 24.2 Å². The number of amides is 2. The topological polar surface area (TPSA) is 91.6 Å². The first-order chi connectivity index (χ1) is 15.2. The van der Waals surface area contributed by atoms with Gasteiger partial charge in [0.15, 0.2) is 11.4 Å². The Balaban J connectivity index is 1.44. The Morgan fingerprint density at radius 2 is 1.81 bits per heavy atom. The number of aromatic hydroxyl groups is 1. The van der Waals surface area contributed by atoms with Gasteiger partial charge in [0.1, 0.15) is 29.2 Å². The van der Waals surface area contributed by atoms with Crippen molar-refractivity contribution < 1.29 is 32.3 Å². The van der Waals surface area contributed by atoms with E-state index in [9.17, 15) is 37.1 Å². The molecule has 1 aromatic heterocycles. The molecular weight excluding hydrogens is 434 g/mol. The number of fused-ring (bicyclic) bond motifs is 6. The average Bonchev–Trinajstić information content (AvgIpc) is 3.27. The summed E-state index contributed by atoms with van der Waals surface area (Å²) in [5, 5.41) is 12.6. The summed E-state index contributed by atoms with van der Waals surface area (Å²) in [7, 11) is 0. The number of piperidine rings is 1. The SMILES string of the molecule is O=C(NCc1c(F)cc(F)cc1F)c1cn2c(c(O)c1=O)C(=O)N1[C@H](C2)[C@@H]2C[C@H](F)[C@@H]1C2. The summed E-state index contributed by atoms with van der Waals surface area (Å²) in [5.41, 5.74) is -2.59. The summed E-state index contributed by atoms with van der Waals surface area (Å²) in [5.74, 6) is -6.24. The zero-order valence-electron chi connectivity index (χ0n) is 16.4. The molecule has 1 aliphatic carbocycles. The number of hydrogen-bond donors (Lipinski definition) is 2. The van der Waals surface area contributed by atoms with Gasteiger partial charge in [0, 0.05) is 37.0 Å². The van der Waals surface area contributed by atoms with Crippen molar-refractivity contribution in [2.24, 2.45) is 5.92 Å². The molecule has 0 unspecified atom stereocenters. The number of hydrogen-bond acceptors (Lipinski definition) is 4. The van der Waals surface area contributed by atoms with Crippen molar-refractivity contribution in [3.8, 4) is 5.75 Å². The van der Waals surface area contributed by atoms with Gasteiger partial charge in [0.25, 0.3) is 11.8 Å². The van der Waals surface area contributed by atoms with Crippen LogP contribution in [-0.2, 0) is 13.1 Å². The van der Waals surface area contributed by atoms with Crippen LogP contribution in [0.25, 0.3) is 0 Å². The fraction of sp³-hybridized carbons (Fsp3) is 0.381. The monoisotopic (exact) mass is 451 g/mol. The maximum absolute atomic E-state index is 14.1. The Hall–Kier alpha value is -3.37. The molecule has 2 amide bonds. The molecule has 1 saturated carbocycles. The van der Waals surface area contributed by atoms with E-state index in [0.29, 0.717) is 25.0 Å². The van der Waals surface area contributed by atoms with Crippen LogP contribution < -0.4 is 10.7 Å². The quantitative estimate of drug-likeness (QED) is 0.697. The number of pyridine rings is 1. The van der Waals surface area contributed by atoms with Crippen LogP contribution in [0, 0.1) is 23.4 Å². The molecule has 2 aromatic rings. The maximum Gasteiger partial charge on any atom is 0.275 e. The van der Waals surface area contributed by atoms with Gasteiger partial charge in [0.2, 0.25) is 5.43 Å². The summed E-state index contributed by atoms with van der Waals surface area (Å²) < 4.78 is 56.1. The van der Waals surface area contributed by atoms with E-state index in [0.717, 1.165) is 6.20 Å². The van der Waals surface area contributed by atoms with Crippen LogP contribution in [0.1, 0.15) is 39.3 Å². The van der Waals surface area contributed by atoms with Gasteiger partial charge in [-0.05, 0) is 18.8 Å². The van der Waals surface area contributed by atoms with Gasteiger partial charge in [-0.25, -0.2) is 17.6 Å². The van der Waals surface area contributed by atoms with Gasteiger partial charge in [-0.2, -0.15) is 0 Å². The molecule has 7 nitrogen and oxygen atoms in total. The molecule has 4 atom stereocenters. The Kier molecular flexibility index (Phi) is 4.54. The van der Waals surface area contributed by atoms with E-state index in [4.69, 9.17) is 0 Å². The number of benzene rings is 1. The Morgan fingerprint density at radius 1 is 1.12 bits per heavy atom. The van der Waals surface area contributed by atoms with Crippen molar-refractivity contribution in [3.05, 3.63) is 62.8 Å². The lowest BCUT2D eigenvalue weighted by atomic mass is 9.95. The fourth-order valence-corrected chi connectivity index (χ4v) is 5.12. The molecule has 2 bridgehead atoms. The van der Waals surface area contributed by atoms with Crippen LogP contribution in [0.5, 0.6) is 5.75 Å². The largest absolute Gasteiger partial charge is 0.503 e. The zero-order valence-corrected chi connectivity index (χ0v) is 16.4. The minimum atomic E-state index is -1.21. The van der Waals surface area contributed by atoms with E-state index in [2.05, 4.69) is 5.32 Å². The van der Waals surface area contributed by atoms with Crippen molar-refractivity contribution >= 4 is 11.8 Å². The van der Waals surface area contributed by atoms with Crippen LogP contribution in [0.3, 0.4) is 0 Å². The fourth-order valence-electron chi connectivity index (χ4n) is 5.12. The highest BCUT2D eigenvalue weighted by Crippen LogP contribution is 2.47. The number of nitrogens with zero attached hydrogens (tertiary/aromatic N) is 2. The molecule has 2 N–H and O–H groups in total. The van der Waals surface area contributed by atoms with Gasteiger partial charge in [-0.3, -0.25) is 14.4 Å². The number of rotatable bonds is 3. The number of carbonyl (C=O) groups excluding carboxylic acids is 2. The van der Waals surface area contributed by atoms with Gasteiger partial charge in [0.05, 0.1) is 12.1 Å². The highest BCUT2D eigenvalue weighted by Gasteiger charge is 2.56. The van der Waals surface area contributed by atoms with Crippen LogP contribution in [0.2, 0.25) is 0 Å². The van der Waals surface area contributed by atoms with E-state index in [1.54, 1.807) is 0 Å². The molecule has 2 fully saturated rings. The van der Waals surface area contributed by atoms with Gasteiger partial charge in [-0.1, -0.05) is 0 Å². The maximum atomic E-state index is 14.1. The predicted molar refractivity (Wildman–Crippen MR) is 101 cm³/mol. The van der Waals surface area contributed by atoms with Crippen molar-refractivity contribution in [2.75, 3.05) is 0 Å². The highest BCUT2D eigenvalue weighted by molar-refractivity contribution is 5.99. The van der Waals surface area contributed by atoms with Gasteiger partial charge in [-0.15, -0.1) is 0 Å².